The van der Waals surface area contributed by atoms with Gasteiger partial charge in [-0.3, -0.25) is 9.88 Å². The summed E-state index contributed by atoms with van der Waals surface area (Å²) in [4.78, 5) is 6.48. The van der Waals surface area contributed by atoms with Gasteiger partial charge in [0.25, 0.3) is 0 Å². The van der Waals surface area contributed by atoms with Crippen molar-refractivity contribution in [3.8, 4) is 5.75 Å². The van der Waals surface area contributed by atoms with Gasteiger partial charge in [0, 0.05) is 19.3 Å². The lowest BCUT2D eigenvalue weighted by Gasteiger charge is -2.23. The monoisotopic (exact) mass is 300 g/mol. The highest BCUT2D eigenvalue weighted by Crippen LogP contribution is 2.12. The summed E-state index contributed by atoms with van der Waals surface area (Å²) >= 11 is 0. The van der Waals surface area contributed by atoms with Crippen molar-refractivity contribution in [2.45, 2.75) is 26.5 Å². The molecule has 0 bridgehead atoms. The Kier molecular flexibility index (Phi) is 6.37. The molecule has 1 atom stereocenters. The smallest absolute Gasteiger partial charge is 0.119 e. The van der Waals surface area contributed by atoms with E-state index in [-0.39, 0.29) is 0 Å². The Morgan fingerprint density at radius 1 is 1.18 bits per heavy atom. The van der Waals surface area contributed by atoms with Crippen LogP contribution < -0.4 is 4.74 Å². The standard InChI is InChI=1S/C18H24N2O2/c1-3-20(12-16-6-4-5-11-19-16)13-17(21)14-22-18-9-7-15(2)8-10-18/h4-11,17,21H,3,12-14H2,1-2H3. The van der Waals surface area contributed by atoms with Crippen LogP contribution in [-0.4, -0.2) is 40.8 Å². The summed E-state index contributed by atoms with van der Waals surface area (Å²) in [6.45, 7) is 6.57. The Hall–Kier alpha value is -1.91. The van der Waals surface area contributed by atoms with E-state index >= 15 is 0 Å². The van der Waals surface area contributed by atoms with Crippen LogP contribution in [0.5, 0.6) is 5.75 Å². The van der Waals surface area contributed by atoms with E-state index in [0.29, 0.717) is 13.2 Å². The van der Waals surface area contributed by atoms with Crippen molar-refractivity contribution in [2.75, 3.05) is 19.7 Å². The largest absolute Gasteiger partial charge is 0.491 e. The van der Waals surface area contributed by atoms with Gasteiger partial charge in [0.05, 0.1) is 5.69 Å². The Morgan fingerprint density at radius 2 is 1.95 bits per heavy atom. The molecule has 0 radical (unpaired) electrons. The predicted molar refractivity (Wildman–Crippen MR) is 87.9 cm³/mol. The molecule has 0 fully saturated rings. The molecule has 0 spiro atoms. The minimum Gasteiger partial charge on any atom is -0.491 e. The molecule has 4 nitrogen and oxygen atoms in total. The molecule has 0 amide bonds. The van der Waals surface area contributed by atoms with Gasteiger partial charge in [-0.05, 0) is 37.7 Å². The van der Waals surface area contributed by atoms with Gasteiger partial charge < -0.3 is 9.84 Å². The van der Waals surface area contributed by atoms with E-state index in [1.165, 1.54) is 5.56 Å². The van der Waals surface area contributed by atoms with Crippen LogP contribution in [0.15, 0.2) is 48.7 Å². The van der Waals surface area contributed by atoms with Gasteiger partial charge in [0.15, 0.2) is 0 Å². The maximum Gasteiger partial charge on any atom is 0.119 e. The lowest BCUT2D eigenvalue weighted by atomic mass is 10.2. The zero-order chi connectivity index (χ0) is 15.8. The molecule has 0 aliphatic carbocycles. The first-order chi connectivity index (χ1) is 10.7. The second kappa shape index (κ2) is 8.51. The van der Waals surface area contributed by atoms with Gasteiger partial charge in [0.2, 0.25) is 0 Å². The highest BCUT2D eigenvalue weighted by atomic mass is 16.5. The molecule has 0 saturated heterocycles. The Balaban J connectivity index is 1.79. The average molecular weight is 300 g/mol. The molecule has 1 N–H and O–H groups in total. The quantitative estimate of drug-likeness (QED) is 0.814. The van der Waals surface area contributed by atoms with Crippen LogP contribution in [0.4, 0.5) is 0 Å². The summed E-state index contributed by atoms with van der Waals surface area (Å²) in [5.74, 6) is 0.789. The number of nitrogens with zero attached hydrogens (tertiary/aromatic N) is 2. The van der Waals surface area contributed by atoms with E-state index in [2.05, 4.69) is 16.8 Å². The third-order valence-electron chi connectivity index (χ3n) is 3.49. The Labute approximate surface area is 132 Å². The van der Waals surface area contributed by atoms with Crippen molar-refractivity contribution in [2.24, 2.45) is 0 Å². The predicted octanol–water partition coefficient (Wildman–Crippen LogP) is 2.65. The number of hydrogen-bond acceptors (Lipinski definition) is 4. The summed E-state index contributed by atoms with van der Waals surface area (Å²) < 4.78 is 5.63. The van der Waals surface area contributed by atoms with Gasteiger partial charge >= 0.3 is 0 Å². The molecule has 22 heavy (non-hydrogen) atoms. The summed E-state index contributed by atoms with van der Waals surface area (Å²) in [7, 11) is 0. The molecule has 2 aromatic rings. The first kappa shape index (κ1) is 16.5. The minimum atomic E-state index is -0.523. The third kappa shape index (κ3) is 5.47. The second-order valence-electron chi connectivity index (χ2n) is 5.43. The van der Waals surface area contributed by atoms with Crippen molar-refractivity contribution in [1.29, 1.82) is 0 Å². The van der Waals surface area contributed by atoms with Crippen molar-refractivity contribution < 1.29 is 9.84 Å². The molecule has 1 unspecified atom stereocenters. The number of benzene rings is 1. The van der Waals surface area contributed by atoms with Crippen LogP contribution >= 0.6 is 0 Å². The molecule has 1 heterocycles. The first-order valence-corrected chi connectivity index (χ1v) is 7.67. The number of rotatable bonds is 8. The van der Waals surface area contributed by atoms with Gasteiger partial charge in [-0.25, -0.2) is 0 Å². The highest BCUT2D eigenvalue weighted by molar-refractivity contribution is 5.26. The van der Waals surface area contributed by atoms with E-state index in [4.69, 9.17) is 4.74 Å². The fraction of sp³-hybridized carbons (Fsp3) is 0.389. The number of aromatic nitrogens is 1. The fourth-order valence-corrected chi connectivity index (χ4v) is 2.20. The molecule has 4 heteroatoms. The van der Waals surface area contributed by atoms with Gasteiger partial charge in [-0.1, -0.05) is 30.7 Å². The number of ether oxygens (including phenoxy) is 1. The van der Waals surface area contributed by atoms with Crippen molar-refractivity contribution in [1.82, 2.24) is 9.88 Å². The molecule has 0 aliphatic heterocycles. The molecular formula is C18H24N2O2. The number of likely N-dealkylation sites (N-methyl/N-ethyl adjacent to an activating group) is 1. The van der Waals surface area contributed by atoms with Crippen molar-refractivity contribution in [3.05, 3.63) is 59.9 Å². The number of hydrogen-bond donors (Lipinski definition) is 1. The third-order valence-corrected chi connectivity index (χ3v) is 3.49. The SMILES string of the molecule is CCN(Cc1ccccn1)CC(O)COc1ccc(C)cc1. The number of aryl methyl sites for hydroxylation is 1. The van der Waals surface area contributed by atoms with Crippen LogP contribution in [0.2, 0.25) is 0 Å². The van der Waals surface area contributed by atoms with Crippen LogP contribution in [0.3, 0.4) is 0 Å². The molecule has 0 aliphatic rings. The lowest BCUT2D eigenvalue weighted by Crippen LogP contribution is -2.35. The summed E-state index contributed by atoms with van der Waals surface area (Å²) in [6, 6.07) is 13.7. The minimum absolute atomic E-state index is 0.293. The summed E-state index contributed by atoms with van der Waals surface area (Å²) in [6.07, 6.45) is 1.27. The van der Waals surface area contributed by atoms with Crippen LogP contribution in [-0.2, 0) is 6.54 Å². The number of aliphatic hydroxyl groups excluding tert-OH is 1. The molecule has 118 valence electrons. The Bertz CT molecular complexity index is 543. The van der Waals surface area contributed by atoms with E-state index in [1.54, 1.807) is 6.20 Å². The molecule has 2 rings (SSSR count). The number of pyridine rings is 1. The topological polar surface area (TPSA) is 45.6 Å². The van der Waals surface area contributed by atoms with Crippen molar-refractivity contribution >= 4 is 0 Å². The maximum atomic E-state index is 10.2. The molecular weight excluding hydrogens is 276 g/mol. The maximum absolute atomic E-state index is 10.2. The molecule has 1 aromatic carbocycles. The molecule has 0 saturated carbocycles. The number of aliphatic hydroxyl groups is 1. The Morgan fingerprint density at radius 3 is 2.59 bits per heavy atom. The lowest BCUT2D eigenvalue weighted by molar-refractivity contribution is 0.0671. The summed E-state index contributed by atoms with van der Waals surface area (Å²) in [5.41, 5.74) is 2.21. The fourth-order valence-electron chi connectivity index (χ4n) is 2.20. The van der Waals surface area contributed by atoms with E-state index in [1.807, 2.05) is 49.4 Å². The summed E-state index contributed by atoms with van der Waals surface area (Å²) in [5, 5.41) is 10.2. The van der Waals surface area contributed by atoms with Gasteiger partial charge in [-0.15, -0.1) is 0 Å². The highest BCUT2D eigenvalue weighted by Gasteiger charge is 2.12. The first-order valence-electron chi connectivity index (χ1n) is 7.67. The van der Waals surface area contributed by atoms with Gasteiger partial charge in [-0.2, -0.15) is 0 Å². The van der Waals surface area contributed by atoms with Crippen LogP contribution in [0, 0.1) is 6.92 Å². The van der Waals surface area contributed by atoms with Gasteiger partial charge in [0.1, 0.15) is 18.5 Å². The van der Waals surface area contributed by atoms with E-state index in [0.717, 1.165) is 24.5 Å². The van der Waals surface area contributed by atoms with Crippen molar-refractivity contribution in [3.63, 3.8) is 0 Å². The van der Waals surface area contributed by atoms with Crippen LogP contribution in [0.25, 0.3) is 0 Å². The van der Waals surface area contributed by atoms with E-state index in [9.17, 15) is 5.11 Å². The molecule has 1 aromatic heterocycles. The second-order valence-corrected chi connectivity index (χ2v) is 5.43. The van der Waals surface area contributed by atoms with E-state index < -0.39 is 6.10 Å². The zero-order valence-electron chi connectivity index (χ0n) is 13.3. The zero-order valence-corrected chi connectivity index (χ0v) is 13.3. The normalized spacial score (nSPS) is 12.4. The van der Waals surface area contributed by atoms with Crippen LogP contribution in [0.1, 0.15) is 18.2 Å². The average Bonchev–Trinajstić information content (AvgIpc) is 2.54.